The Morgan fingerprint density at radius 1 is 1.59 bits per heavy atom. The van der Waals surface area contributed by atoms with Gasteiger partial charge in [-0.15, -0.1) is 0 Å². The van der Waals surface area contributed by atoms with Crippen LogP contribution in [0.5, 0.6) is 0 Å². The molecule has 0 bridgehead atoms. The van der Waals surface area contributed by atoms with Gasteiger partial charge in [-0.1, -0.05) is 18.3 Å². The van der Waals surface area contributed by atoms with E-state index >= 15 is 0 Å². The maximum Gasteiger partial charge on any atom is 0.307 e. The summed E-state index contributed by atoms with van der Waals surface area (Å²) in [6.07, 6.45) is 2.13. The first-order valence-electron chi connectivity index (χ1n) is 5.99. The topological polar surface area (TPSA) is 51.1 Å². The lowest BCUT2D eigenvalue weighted by Gasteiger charge is -2.11. The van der Waals surface area contributed by atoms with Crippen LogP contribution in [0.1, 0.15) is 38.8 Å². The van der Waals surface area contributed by atoms with Crippen LogP contribution in [0.25, 0.3) is 0 Å². The molecule has 1 aromatic heterocycles. The summed E-state index contributed by atoms with van der Waals surface area (Å²) in [7, 11) is 0. The van der Waals surface area contributed by atoms with E-state index in [2.05, 4.69) is 5.32 Å². The van der Waals surface area contributed by atoms with Crippen LogP contribution >= 0.6 is 11.3 Å². The number of thiazole rings is 1. The Balaban J connectivity index is 2.33. The molecule has 0 spiro atoms. The fourth-order valence-corrected chi connectivity index (χ4v) is 2.28. The first-order valence-corrected chi connectivity index (χ1v) is 6.86. The number of nitrogens with zero attached hydrogens (tertiary/aromatic N) is 1. The number of carbonyl (C=O) groups excluding carboxylic acids is 1. The standard InChI is InChI=1S/C12H20N2O2S/c1-4-9(2)13-11(15)6-5-7-14-10(3)8-17-12(14)16/h8-9H,4-7H2,1-3H3,(H,13,15). The van der Waals surface area contributed by atoms with E-state index in [0.29, 0.717) is 19.4 Å². The lowest BCUT2D eigenvalue weighted by atomic mass is 10.2. The average molecular weight is 256 g/mol. The maximum absolute atomic E-state index is 11.5. The molecule has 1 heterocycles. The Morgan fingerprint density at radius 2 is 2.29 bits per heavy atom. The molecular weight excluding hydrogens is 236 g/mol. The van der Waals surface area contributed by atoms with E-state index < -0.39 is 0 Å². The molecule has 0 saturated carbocycles. The maximum atomic E-state index is 11.5. The van der Waals surface area contributed by atoms with Crippen LogP contribution in [-0.2, 0) is 11.3 Å². The molecule has 0 aliphatic rings. The van der Waals surface area contributed by atoms with Crippen molar-refractivity contribution in [1.29, 1.82) is 0 Å². The second kappa shape index (κ2) is 6.59. The quantitative estimate of drug-likeness (QED) is 0.845. The molecule has 1 unspecified atom stereocenters. The van der Waals surface area contributed by atoms with Gasteiger partial charge >= 0.3 is 4.87 Å². The Kier molecular flexibility index (Phi) is 5.41. The smallest absolute Gasteiger partial charge is 0.307 e. The van der Waals surface area contributed by atoms with Gasteiger partial charge in [-0.3, -0.25) is 9.59 Å². The molecule has 4 nitrogen and oxygen atoms in total. The van der Waals surface area contributed by atoms with Gasteiger partial charge in [-0.2, -0.15) is 0 Å². The first kappa shape index (κ1) is 14.0. The molecule has 1 N–H and O–H groups in total. The predicted molar refractivity (Wildman–Crippen MR) is 70.4 cm³/mol. The van der Waals surface area contributed by atoms with E-state index in [1.165, 1.54) is 11.3 Å². The van der Waals surface area contributed by atoms with Crippen molar-refractivity contribution >= 4 is 17.2 Å². The SMILES string of the molecule is CCC(C)NC(=O)CCCn1c(C)csc1=O. The van der Waals surface area contributed by atoms with Crippen molar-refractivity contribution in [3.05, 3.63) is 20.7 Å². The molecule has 0 fully saturated rings. The van der Waals surface area contributed by atoms with Gasteiger partial charge in [0.15, 0.2) is 0 Å². The Bertz CT molecular complexity index is 422. The molecule has 0 saturated heterocycles. The van der Waals surface area contributed by atoms with Gasteiger partial charge in [-0.05, 0) is 26.7 Å². The molecule has 96 valence electrons. The molecule has 0 aliphatic carbocycles. The number of rotatable bonds is 6. The molecule has 0 aromatic carbocycles. The van der Waals surface area contributed by atoms with Crippen LogP contribution in [0.15, 0.2) is 10.2 Å². The minimum Gasteiger partial charge on any atom is -0.354 e. The monoisotopic (exact) mass is 256 g/mol. The zero-order chi connectivity index (χ0) is 12.8. The van der Waals surface area contributed by atoms with Crippen LogP contribution in [-0.4, -0.2) is 16.5 Å². The third kappa shape index (κ3) is 4.34. The van der Waals surface area contributed by atoms with Crippen molar-refractivity contribution < 1.29 is 4.79 Å². The summed E-state index contributed by atoms with van der Waals surface area (Å²) in [5.41, 5.74) is 0.974. The van der Waals surface area contributed by atoms with Crippen LogP contribution in [0.4, 0.5) is 0 Å². The van der Waals surface area contributed by atoms with E-state index in [1.807, 2.05) is 26.2 Å². The number of amides is 1. The van der Waals surface area contributed by atoms with Crippen molar-refractivity contribution in [3.8, 4) is 0 Å². The number of nitrogens with one attached hydrogen (secondary N) is 1. The van der Waals surface area contributed by atoms with Crippen molar-refractivity contribution in [2.45, 2.75) is 52.6 Å². The molecule has 1 aromatic rings. The molecule has 0 radical (unpaired) electrons. The number of carbonyl (C=O) groups is 1. The van der Waals surface area contributed by atoms with Gasteiger partial charge in [0.25, 0.3) is 0 Å². The first-order chi connectivity index (χ1) is 8.04. The lowest BCUT2D eigenvalue weighted by Crippen LogP contribution is -2.32. The summed E-state index contributed by atoms with van der Waals surface area (Å²) >= 11 is 1.21. The third-order valence-electron chi connectivity index (χ3n) is 2.78. The number of aryl methyl sites for hydroxylation is 1. The predicted octanol–water partition coefficient (Wildman–Crippen LogP) is 1.91. The zero-order valence-corrected chi connectivity index (χ0v) is 11.5. The van der Waals surface area contributed by atoms with E-state index in [-0.39, 0.29) is 16.8 Å². The molecule has 1 amide bonds. The van der Waals surface area contributed by atoms with Gasteiger partial charge in [0.05, 0.1) is 0 Å². The summed E-state index contributed by atoms with van der Waals surface area (Å²) in [6.45, 7) is 6.57. The van der Waals surface area contributed by atoms with Gasteiger partial charge < -0.3 is 9.88 Å². The lowest BCUT2D eigenvalue weighted by molar-refractivity contribution is -0.121. The minimum absolute atomic E-state index is 0.0600. The minimum atomic E-state index is 0.0600. The molecule has 5 heteroatoms. The van der Waals surface area contributed by atoms with E-state index in [0.717, 1.165) is 12.1 Å². The molecular formula is C12H20N2O2S. The fourth-order valence-electron chi connectivity index (χ4n) is 1.52. The van der Waals surface area contributed by atoms with Gasteiger partial charge in [0.2, 0.25) is 5.91 Å². The van der Waals surface area contributed by atoms with Crippen LogP contribution in [0, 0.1) is 6.92 Å². The van der Waals surface area contributed by atoms with Crippen molar-refractivity contribution in [2.24, 2.45) is 0 Å². The van der Waals surface area contributed by atoms with E-state index in [9.17, 15) is 9.59 Å². The van der Waals surface area contributed by atoms with Gasteiger partial charge in [-0.25, -0.2) is 0 Å². The zero-order valence-electron chi connectivity index (χ0n) is 10.7. The Labute approximate surface area is 106 Å². The van der Waals surface area contributed by atoms with Crippen LogP contribution in [0.3, 0.4) is 0 Å². The summed E-state index contributed by atoms with van der Waals surface area (Å²) in [5.74, 6) is 0.0697. The van der Waals surface area contributed by atoms with Crippen LogP contribution < -0.4 is 10.2 Å². The second-order valence-corrected chi connectivity index (χ2v) is 5.10. The number of aromatic nitrogens is 1. The highest BCUT2D eigenvalue weighted by Crippen LogP contribution is 2.02. The summed E-state index contributed by atoms with van der Waals surface area (Å²) in [4.78, 5) is 23.0. The molecule has 0 aliphatic heterocycles. The highest BCUT2D eigenvalue weighted by molar-refractivity contribution is 7.07. The highest BCUT2D eigenvalue weighted by atomic mass is 32.1. The summed E-state index contributed by atoms with van der Waals surface area (Å²) in [5, 5.41) is 4.76. The highest BCUT2D eigenvalue weighted by Gasteiger charge is 2.06. The summed E-state index contributed by atoms with van der Waals surface area (Å²) in [6, 6.07) is 0.230. The second-order valence-electron chi connectivity index (χ2n) is 4.27. The van der Waals surface area contributed by atoms with Gasteiger partial charge in [0, 0.05) is 30.1 Å². The average Bonchev–Trinajstić information content (AvgIpc) is 2.60. The fraction of sp³-hybridized carbons (Fsp3) is 0.667. The number of hydrogen-bond acceptors (Lipinski definition) is 3. The van der Waals surface area contributed by atoms with Gasteiger partial charge in [0.1, 0.15) is 0 Å². The van der Waals surface area contributed by atoms with E-state index in [4.69, 9.17) is 0 Å². The van der Waals surface area contributed by atoms with E-state index in [1.54, 1.807) is 4.57 Å². The normalized spacial score (nSPS) is 12.4. The Hall–Kier alpha value is -1.10. The number of hydrogen-bond donors (Lipinski definition) is 1. The molecule has 1 rings (SSSR count). The molecule has 17 heavy (non-hydrogen) atoms. The van der Waals surface area contributed by atoms with Crippen molar-refractivity contribution in [3.63, 3.8) is 0 Å². The van der Waals surface area contributed by atoms with Crippen molar-refractivity contribution in [2.75, 3.05) is 0 Å². The third-order valence-corrected chi connectivity index (χ3v) is 3.66. The largest absolute Gasteiger partial charge is 0.354 e. The van der Waals surface area contributed by atoms with Crippen LogP contribution in [0.2, 0.25) is 0 Å². The van der Waals surface area contributed by atoms with Crippen molar-refractivity contribution in [1.82, 2.24) is 9.88 Å². The summed E-state index contributed by atoms with van der Waals surface area (Å²) < 4.78 is 1.72. The molecule has 1 atom stereocenters. The Morgan fingerprint density at radius 3 is 2.82 bits per heavy atom.